The van der Waals surface area contributed by atoms with Gasteiger partial charge < -0.3 is 35.0 Å². The first-order valence-electron chi connectivity index (χ1n) is 24.8. The summed E-state index contributed by atoms with van der Waals surface area (Å²) < 4.78 is 13.5. The van der Waals surface area contributed by atoms with E-state index in [9.17, 15) is 24.3 Å². The van der Waals surface area contributed by atoms with Crippen LogP contribution in [0.15, 0.2) is 83.3 Å². The zero-order valence-corrected chi connectivity index (χ0v) is 44.4. The molecule has 3 N–H and O–H groups in total. The lowest BCUT2D eigenvalue weighted by atomic mass is 9.85. The van der Waals surface area contributed by atoms with E-state index >= 15 is 0 Å². The predicted octanol–water partition coefficient (Wildman–Crippen LogP) is 8.17. The van der Waals surface area contributed by atoms with Crippen molar-refractivity contribution in [3.05, 3.63) is 128 Å². The molecule has 73 heavy (non-hydrogen) atoms. The summed E-state index contributed by atoms with van der Waals surface area (Å²) in [6.45, 7) is 17.1. The van der Waals surface area contributed by atoms with Gasteiger partial charge in [-0.1, -0.05) is 57.2 Å². The number of hydrogen-bond donors (Lipinski definition) is 3. The van der Waals surface area contributed by atoms with Crippen LogP contribution in [0.3, 0.4) is 0 Å². The zero-order chi connectivity index (χ0) is 51.9. The van der Waals surface area contributed by atoms with Crippen molar-refractivity contribution in [1.82, 2.24) is 35.3 Å². The third-order valence-electron chi connectivity index (χ3n) is 14.2. The van der Waals surface area contributed by atoms with E-state index in [1.807, 2.05) is 75.9 Å². The molecule has 1 unspecified atom stereocenters. The first kappa shape index (κ1) is 51.2. The monoisotopic (exact) mass is 1030 g/mol. The molecule has 0 spiro atoms. The number of aliphatic hydroxyl groups excluding tert-OH is 1. The molecule has 0 bridgehead atoms. The molecule has 3 amide bonds. The number of methoxy groups -OCH3 is 1. The molecular formula is C55H63N9O7S2. The van der Waals surface area contributed by atoms with Gasteiger partial charge in [-0.3, -0.25) is 28.7 Å². The molecule has 5 atom stereocenters. The number of aliphatic hydroxyl groups is 1. The van der Waals surface area contributed by atoms with E-state index in [-0.39, 0.29) is 43.4 Å². The van der Waals surface area contributed by atoms with E-state index in [0.717, 1.165) is 86.5 Å². The Labute approximate surface area is 433 Å². The maximum Gasteiger partial charge on any atom is 0.308 e. The van der Waals surface area contributed by atoms with Gasteiger partial charge in [-0.2, -0.15) is 0 Å². The summed E-state index contributed by atoms with van der Waals surface area (Å²) in [5.41, 5.74) is 9.37. The molecule has 16 nitrogen and oxygen atoms in total. The molecule has 18 heteroatoms. The normalized spacial score (nSPS) is 18.8. The number of aryl methyl sites for hydroxylation is 3. The number of thiazole rings is 1. The summed E-state index contributed by atoms with van der Waals surface area (Å²) in [5, 5.41) is 26.6. The van der Waals surface area contributed by atoms with Crippen molar-refractivity contribution in [3.8, 4) is 21.2 Å². The summed E-state index contributed by atoms with van der Waals surface area (Å²) in [7, 11) is 1.38. The Bertz CT molecular complexity index is 3040. The Morgan fingerprint density at radius 2 is 1.58 bits per heavy atom. The van der Waals surface area contributed by atoms with Gasteiger partial charge >= 0.3 is 5.97 Å². The van der Waals surface area contributed by atoms with Gasteiger partial charge in [0.15, 0.2) is 5.82 Å². The average molecular weight is 1030 g/mol. The number of nitrogens with one attached hydrogen (secondary N) is 2. The van der Waals surface area contributed by atoms with Gasteiger partial charge in [-0.05, 0) is 93.1 Å². The van der Waals surface area contributed by atoms with E-state index in [4.69, 9.17) is 14.5 Å². The number of thiophene rings is 1. The maximum absolute atomic E-state index is 14.3. The van der Waals surface area contributed by atoms with E-state index in [1.165, 1.54) is 16.9 Å². The number of likely N-dealkylation sites (tertiary alicyclic amines) is 1. The molecule has 0 saturated carbocycles. The topological polar surface area (TPSA) is 193 Å². The summed E-state index contributed by atoms with van der Waals surface area (Å²) in [6, 6.07) is 20.5. The summed E-state index contributed by atoms with van der Waals surface area (Å²) in [4.78, 5) is 70.1. The quantitative estimate of drug-likeness (QED) is 0.0945. The van der Waals surface area contributed by atoms with Crippen molar-refractivity contribution in [2.24, 2.45) is 10.4 Å². The number of nitrogens with zero attached hydrogens (tertiary/aromatic N) is 7. The van der Waals surface area contributed by atoms with Crippen LogP contribution in [0, 0.1) is 33.1 Å². The smallest absolute Gasteiger partial charge is 0.308 e. The molecule has 3 aromatic carbocycles. The number of carbonyl (C=O) groups excluding carboxylic acids is 4. The fourth-order valence-electron chi connectivity index (χ4n) is 9.94. The number of fused-ring (bicyclic) bond motifs is 3. The van der Waals surface area contributed by atoms with Crippen molar-refractivity contribution < 1.29 is 33.8 Å². The third kappa shape index (κ3) is 10.7. The van der Waals surface area contributed by atoms with Crippen molar-refractivity contribution >= 4 is 57.8 Å². The second-order valence-corrected chi connectivity index (χ2v) is 22.4. The first-order valence-corrected chi connectivity index (χ1v) is 26.5. The highest BCUT2D eigenvalue weighted by atomic mass is 32.1. The van der Waals surface area contributed by atoms with E-state index < -0.39 is 41.5 Å². The highest BCUT2D eigenvalue weighted by Crippen LogP contribution is 2.40. The van der Waals surface area contributed by atoms with Gasteiger partial charge in [-0.25, -0.2) is 4.98 Å². The Hall–Kier alpha value is -6.76. The molecule has 6 heterocycles. The molecule has 9 rings (SSSR count). The van der Waals surface area contributed by atoms with Gasteiger partial charge in [0.2, 0.25) is 11.8 Å². The number of aliphatic imine (C=N–C) groups is 1. The molecule has 6 aromatic rings. The van der Waals surface area contributed by atoms with E-state index in [2.05, 4.69) is 68.8 Å². The van der Waals surface area contributed by atoms with Crippen LogP contribution in [-0.2, 0) is 19.1 Å². The average Bonchev–Trinajstić information content (AvgIpc) is 4.15. The molecule has 382 valence electrons. The standard InChI is InChI=1S/C55H63N9O7S2/c1-30-33(4)73-54-46(30)47(58-43(27-45(66)70-9)50-61-60-34(5)64(50)54)36-14-18-39(19-15-36)62-24-22-42(23-25-62)71-41-20-16-38(17-21-41)51(67)59-49(55(6,7)8)53(69)63-28-40(65)26-44(63)52(68)57-31(2)35-10-12-37(13-11-35)48-32(3)56-29-72-48/h10-21,29,31,40,42-44,49,65H,22-28H2,1-9H3,(H,57,68)(H,59,67)/t31-,40+,43-,44-,49?/m0/s1. The molecular weight excluding hydrogens is 963 g/mol. The molecule has 0 radical (unpaired) electrons. The van der Waals surface area contributed by atoms with E-state index in [1.54, 1.807) is 46.9 Å². The van der Waals surface area contributed by atoms with Crippen LogP contribution < -0.4 is 20.3 Å². The Morgan fingerprint density at radius 1 is 0.890 bits per heavy atom. The summed E-state index contributed by atoms with van der Waals surface area (Å²) >= 11 is 3.25. The highest BCUT2D eigenvalue weighted by Gasteiger charge is 2.45. The molecule has 2 saturated heterocycles. The Balaban J connectivity index is 0.801. The molecule has 3 aromatic heterocycles. The lowest BCUT2D eigenvalue weighted by Gasteiger charge is -2.35. The first-order chi connectivity index (χ1) is 34.9. The number of benzene rings is 3. The summed E-state index contributed by atoms with van der Waals surface area (Å²) in [5.74, 6) is 0.398. The fourth-order valence-corrected chi connectivity index (χ4v) is 12.0. The number of piperidine rings is 1. The minimum Gasteiger partial charge on any atom is -0.490 e. The number of anilines is 1. The van der Waals surface area contributed by atoms with Crippen LogP contribution in [0.1, 0.15) is 120 Å². The zero-order valence-electron chi connectivity index (χ0n) is 42.8. The molecule has 2 fully saturated rings. The van der Waals surface area contributed by atoms with Crippen molar-refractivity contribution in [1.29, 1.82) is 0 Å². The number of hydrogen-bond acceptors (Lipinski definition) is 14. The number of esters is 1. The minimum absolute atomic E-state index is 0.0199. The second kappa shape index (κ2) is 21.0. The number of rotatable bonds is 13. The van der Waals surface area contributed by atoms with E-state index in [0.29, 0.717) is 17.1 Å². The summed E-state index contributed by atoms with van der Waals surface area (Å²) in [6.07, 6.45) is 0.809. The second-order valence-electron chi connectivity index (χ2n) is 20.3. The van der Waals surface area contributed by atoms with Crippen LogP contribution in [0.4, 0.5) is 5.69 Å². The van der Waals surface area contributed by atoms with Gasteiger partial charge in [-0.15, -0.1) is 32.9 Å². The lowest BCUT2D eigenvalue weighted by molar-refractivity contribution is -0.142. The Morgan fingerprint density at radius 3 is 2.22 bits per heavy atom. The minimum atomic E-state index is -0.982. The largest absolute Gasteiger partial charge is 0.490 e. The van der Waals surface area contributed by atoms with Crippen molar-refractivity contribution in [3.63, 3.8) is 0 Å². The fraction of sp³-hybridized carbons (Fsp3) is 0.418. The predicted molar refractivity (Wildman–Crippen MR) is 283 cm³/mol. The number of aromatic nitrogens is 4. The van der Waals surface area contributed by atoms with Crippen LogP contribution >= 0.6 is 22.7 Å². The van der Waals surface area contributed by atoms with Gasteiger partial charge in [0, 0.05) is 66.2 Å². The number of ether oxygens (including phenoxy) is 2. The van der Waals surface area contributed by atoms with Gasteiger partial charge in [0.25, 0.3) is 5.91 Å². The van der Waals surface area contributed by atoms with Crippen LogP contribution in [0.5, 0.6) is 5.75 Å². The molecule has 3 aliphatic rings. The van der Waals surface area contributed by atoms with Crippen molar-refractivity contribution in [2.75, 3.05) is 31.6 Å². The van der Waals surface area contributed by atoms with Crippen LogP contribution in [0.2, 0.25) is 0 Å². The van der Waals surface area contributed by atoms with Crippen LogP contribution in [-0.4, -0.2) is 110 Å². The van der Waals surface area contributed by atoms with Crippen LogP contribution in [0.25, 0.3) is 15.4 Å². The highest BCUT2D eigenvalue weighted by molar-refractivity contribution is 7.15. The Kier molecular flexibility index (Phi) is 14.7. The number of amides is 3. The number of carbonyl (C=O) groups is 4. The molecule has 3 aliphatic heterocycles. The van der Waals surface area contributed by atoms with Gasteiger partial charge in [0.1, 0.15) is 40.8 Å². The maximum atomic E-state index is 14.3. The SMILES string of the molecule is COC(=O)C[C@@H]1N=C(c2ccc(N3CCC(Oc4ccc(C(=O)NC(C(=O)N5C[C@H](O)C[C@H]5C(=O)N[C@@H](C)c5ccc(-c6scnc6C)cc5)C(C)(C)C)cc4)CC3)cc2)c2c(sc(C)c2C)-n2c(C)nnc21. The molecule has 0 aliphatic carbocycles. The van der Waals surface area contributed by atoms with Gasteiger partial charge in [0.05, 0.1) is 47.5 Å². The number of β-amino-alcohol motifs (C(OH)–C–C–N with tert-alkyl or cyclic N) is 1. The van der Waals surface area contributed by atoms with Crippen molar-refractivity contribution in [2.45, 2.75) is 117 Å². The third-order valence-corrected chi connectivity index (χ3v) is 16.4. The lowest BCUT2D eigenvalue weighted by Crippen LogP contribution is -2.57.